The molecule has 0 fully saturated rings. The van der Waals surface area contributed by atoms with Crippen molar-refractivity contribution in [3.8, 4) is 5.75 Å². The van der Waals surface area contributed by atoms with Crippen molar-refractivity contribution in [3.05, 3.63) is 99.6 Å². The predicted molar refractivity (Wildman–Crippen MR) is 153 cm³/mol. The van der Waals surface area contributed by atoms with Gasteiger partial charge in [0.05, 0.1) is 11.6 Å². The maximum absolute atomic E-state index is 14.2. The summed E-state index contributed by atoms with van der Waals surface area (Å²) < 4.78 is 19.8. The topological polar surface area (TPSA) is 141 Å². The minimum absolute atomic E-state index is 0.0682. The number of hydrogen-bond acceptors (Lipinski definition) is 8. The summed E-state index contributed by atoms with van der Waals surface area (Å²) in [5, 5.41) is 2.84. The summed E-state index contributed by atoms with van der Waals surface area (Å²) in [7, 11) is 0. The van der Waals surface area contributed by atoms with Crippen LogP contribution in [0.15, 0.2) is 72.8 Å². The molecular weight excluding hydrogens is 557 g/mol. The largest absolute Gasteiger partial charge is 0.492 e. The summed E-state index contributed by atoms with van der Waals surface area (Å²) >= 11 is 6.73. The first-order valence-electron chi connectivity index (χ1n) is 12.1. The Bertz CT molecular complexity index is 1530. The Morgan fingerprint density at radius 2 is 1.75 bits per heavy atom. The van der Waals surface area contributed by atoms with Crippen LogP contribution in [0.4, 0.5) is 21.0 Å². The number of para-hydroxylation sites is 1. The first kappa shape index (κ1) is 28.5. The first-order valence-corrected chi connectivity index (χ1v) is 13.3. The highest BCUT2D eigenvalue weighted by atomic mass is 35.5. The van der Waals surface area contributed by atoms with Crippen molar-refractivity contribution in [2.45, 2.75) is 13.0 Å². The third kappa shape index (κ3) is 6.56. The van der Waals surface area contributed by atoms with Crippen LogP contribution in [0.5, 0.6) is 5.75 Å². The number of nitrogens with two attached hydrogens (primary N) is 2. The van der Waals surface area contributed by atoms with Crippen LogP contribution < -0.4 is 26.4 Å². The van der Waals surface area contributed by atoms with Crippen LogP contribution in [0.2, 0.25) is 5.02 Å². The number of ether oxygens (including phenoxy) is 1. The number of amides is 2. The Morgan fingerprint density at radius 1 is 1.07 bits per heavy atom. The zero-order chi connectivity index (χ0) is 28.8. The molecule has 0 aliphatic heterocycles. The number of nitrogens with zero attached hydrogens (tertiary/aromatic N) is 2. The molecule has 0 saturated carbocycles. The molecule has 0 radical (unpaired) electrons. The van der Waals surface area contributed by atoms with Crippen molar-refractivity contribution < 1.29 is 23.5 Å². The van der Waals surface area contributed by atoms with Crippen molar-refractivity contribution in [3.63, 3.8) is 0 Å². The summed E-state index contributed by atoms with van der Waals surface area (Å²) in [6, 6.07) is 18.3. The molecule has 1 aromatic heterocycles. The van der Waals surface area contributed by atoms with E-state index in [1.165, 1.54) is 48.2 Å². The molecule has 1 atom stereocenters. The van der Waals surface area contributed by atoms with E-state index < -0.39 is 23.5 Å². The Labute approximate surface area is 238 Å². The van der Waals surface area contributed by atoms with Crippen LogP contribution in [0, 0.1) is 5.82 Å². The number of rotatable bonds is 11. The predicted octanol–water partition coefficient (Wildman–Crippen LogP) is 4.57. The zero-order valence-electron chi connectivity index (χ0n) is 21.3. The molecule has 1 heterocycles. The lowest BCUT2D eigenvalue weighted by Crippen LogP contribution is -2.40. The van der Waals surface area contributed by atoms with Gasteiger partial charge < -0.3 is 26.4 Å². The van der Waals surface area contributed by atoms with Crippen LogP contribution in [0.3, 0.4) is 0 Å². The van der Waals surface area contributed by atoms with Gasteiger partial charge in [-0.1, -0.05) is 53.3 Å². The number of carbonyl (C=O) groups excluding carboxylic acids is 3. The molecule has 4 rings (SSSR count). The van der Waals surface area contributed by atoms with Crippen LogP contribution in [0.25, 0.3) is 0 Å². The monoisotopic (exact) mass is 581 g/mol. The van der Waals surface area contributed by atoms with Gasteiger partial charge in [-0.2, -0.15) is 0 Å². The number of primary amides is 1. The van der Waals surface area contributed by atoms with Gasteiger partial charge in [0.15, 0.2) is 5.13 Å². The number of nitrogen functional groups attached to an aromatic ring is 1. The van der Waals surface area contributed by atoms with Crippen molar-refractivity contribution in [2.75, 3.05) is 23.8 Å². The lowest BCUT2D eigenvalue weighted by atomic mass is 10.1. The molecule has 40 heavy (non-hydrogen) atoms. The van der Waals surface area contributed by atoms with Crippen molar-refractivity contribution in [1.82, 2.24) is 10.3 Å². The van der Waals surface area contributed by atoms with Crippen LogP contribution in [0.1, 0.15) is 32.5 Å². The van der Waals surface area contributed by atoms with Crippen LogP contribution in [-0.2, 0) is 4.79 Å². The molecule has 0 aliphatic carbocycles. The van der Waals surface area contributed by atoms with Crippen LogP contribution in [-0.4, -0.2) is 41.8 Å². The van der Waals surface area contributed by atoms with Gasteiger partial charge in [0, 0.05) is 16.8 Å². The molecule has 4 aromatic rings. The number of halogens is 2. The SMILES string of the molecule is CC(C(N)=O)N(c1ccc(Cl)c(F)c1)c1nc(N)c(C(=O)c2ccc(C(=O)NCCOc3ccccc3)cc2)s1. The summed E-state index contributed by atoms with van der Waals surface area (Å²) in [6.45, 7) is 2.12. The van der Waals surface area contributed by atoms with Gasteiger partial charge in [-0.25, -0.2) is 9.37 Å². The molecule has 206 valence electrons. The number of thiazole rings is 1. The van der Waals surface area contributed by atoms with E-state index in [1.807, 2.05) is 30.3 Å². The summed E-state index contributed by atoms with van der Waals surface area (Å²) in [6.07, 6.45) is 0. The highest BCUT2D eigenvalue weighted by Crippen LogP contribution is 2.36. The van der Waals surface area contributed by atoms with Gasteiger partial charge in [0.25, 0.3) is 5.91 Å². The molecule has 3 aromatic carbocycles. The fourth-order valence-corrected chi connectivity index (χ4v) is 4.87. The van der Waals surface area contributed by atoms with Gasteiger partial charge in [0.2, 0.25) is 11.7 Å². The number of ketones is 1. The molecule has 12 heteroatoms. The van der Waals surface area contributed by atoms with E-state index in [0.29, 0.717) is 24.5 Å². The second-order valence-electron chi connectivity index (χ2n) is 8.58. The number of carbonyl (C=O) groups is 3. The lowest BCUT2D eigenvalue weighted by molar-refractivity contribution is -0.118. The van der Waals surface area contributed by atoms with E-state index >= 15 is 0 Å². The van der Waals surface area contributed by atoms with E-state index in [9.17, 15) is 18.8 Å². The summed E-state index contributed by atoms with van der Waals surface area (Å²) in [5.41, 5.74) is 12.5. The van der Waals surface area contributed by atoms with Crippen molar-refractivity contribution >= 4 is 57.2 Å². The maximum Gasteiger partial charge on any atom is 0.251 e. The summed E-state index contributed by atoms with van der Waals surface area (Å²) in [5.74, 6) is -1.51. The second-order valence-corrected chi connectivity index (χ2v) is 9.97. The number of nitrogens with one attached hydrogen (secondary N) is 1. The number of aromatic nitrogens is 1. The van der Waals surface area contributed by atoms with Gasteiger partial charge in [-0.05, 0) is 49.4 Å². The number of hydrogen-bond donors (Lipinski definition) is 3. The van der Waals surface area contributed by atoms with Gasteiger partial charge in [-0.3, -0.25) is 14.4 Å². The quantitative estimate of drug-likeness (QED) is 0.174. The minimum atomic E-state index is -0.940. The second kappa shape index (κ2) is 12.6. The molecule has 0 aliphatic rings. The fraction of sp³-hybridized carbons (Fsp3) is 0.143. The maximum atomic E-state index is 14.2. The average molecular weight is 582 g/mol. The van der Waals surface area contributed by atoms with Crippen LogP contribution >= 0.6 is 22.9 Å². The Kier molecular flexibility index (Phi) is 8.97. The lowest BCUT2D eigenvalue weighted by Gasteiger charge is -2.26. The van der Waals surface area contributed by atoms with Gasteiger partial charge in [-0.15, -0.1) is 0 Å². The third-order valence-corrected chi connectivity index (χ3v) is 7.22. The van der Waals surface area contributed by atoms with Gasteiger partial charge >= 0.3 is 0 Å². The fourth-order valence-electron chi connectivity index (χ4n) is 3.70. The molecule has 2 amide bonds. The Balaban J connectivity index is 1.47. The number of benzene rings is 3. The Hall–Kier alpha value is -4.48. The number of anilines is 3. The molecule has 9 nitrogen and oxygen atoms in total. The van der Waals surface area contributed by atoms with E-state index in [2.05, 4.69) is 10.3 Å². The summed E-state index contributed by atoms with van der Waals surface area (Å²) in [4.78, 5) is 43.5. The van der Waals surface area contributed by atoms with Gasteiger partial charge in [0.1, 0.15) is 34.9 Å². The smallest absolute Gasteiger partial charge is 0.251 e. The van der Waals surface area contributed by atoms with Crippen molar-refractivity contribution in [1.29, 1.82) is 0 Å². The minimum Gasteiger partial charge on any atom is -0.492 e. The Morgan fingerprint density at radius 3 is 2.40 bits per heavy atom. The highest BCUT2D eigenvalue weighted by Gasteiger charge is 2.28. The van der Waals surface area contributed by atoms with E-state index in [-0.39, 0.29) is 38.0 Å². The van der Waals surface area contributed by atoms with Crippen molar-refractivity contribution in [2.24, 2.45) is 5.73 Å². The molecule has 0 bridgehead atoms. The molecular formula is C28H25ClFN5O4S. The molecule has 0 spiro atoms. The standard InChI is InChI=1S/C28H25ClFN5O4S/c1-16(26(32)37)35(19-11-12-21(29)22(30)15-19)28-34-25(31)24(40-28)23(36)17-7-9-18(10-8-17)27(38)33-13-14-39-20-5-3-2-4-6-20/h2-12,15-16H,13-14,31H2,1H3,(H2,32,37)(H,33,38). The zero-order valence-corrected chi connectivity index (χ0v) is 22.8. The highest BCUT2D eigenvalue weighted by molar-refractivity contribution is 7.18. The molecule has 0 saturated heterocycles. The molecule has 1 unspecified atom stereocenters. The average Bonchev–Trinajstić information content (AvgIpc) is 3.33. The molecule has 5 N–H and O–H groups in total. The van der Waals surface area contributed by atoms with E-state index in [0.717, 1.165) is 17.4 Å². The first-order chi connectivity index (χ1) is 19.2. The van der Waals surface area contributed by atoms with E-state index in [4.69, 9.17) is 27.8 Å². The third-order valence-electron chi connectivity index (χ3n) is 5.84. The van der Waals surface area contributed by atoms with E-state index in [1.54, 1.807) is 0 Å². The normalized spacial score (nSPS) is 11.5.